The summed E-state index contributed by atoms with van der Waals surface area (Å²) < 4.78 is 39.8. The first kappa shape index (κ1) is 15.0. The van der Waals surface area contributed by atoms with Crippen molar-refractivity contribution in [3.8, 4) is 0 Å². The lowest BCUT2D eigenvalue weighted by atomic mass is 10.2. The van der Waals surface area contributed by atoms with E-state index in [0.717, 1.165) is 16.7 Å². The fraction of sp³-hybridized carbons (Fsp3) is 0.231. The van der Waals surface area contributed by atoms with Gasteiger partial charge < -0.3 is 0 Å². The number of fused-ring (bicyclic) bond motifs is 1. The topological polar surface area (TPSA) is 88.0 Å². The van der Waals surface area contributed by atoms with Crippen molar-refractivity contribution in [1.29, 1.82) is 0 Å². The van der Waals surface area contributed by atoms with Crippen molar-refractivity contribution < 1.29 is 18.0 Å². The summed E-state index contributed by atoms with van der Waals surface area (Å²) in [6, 6.07) is 2.16. The minimum absolute atomic E-state index is 0.0324. The van der Waals surface area contributed by atoms with Crippen LogP contribution in [0.2, 0.25) is 0 Å². The first-order valence-electron chi connectivity index (χ1n) is 6.65. The van der Waals surface area contributed by atoms with E-state index in [1.807, 2.05) is 0 Å². The molecule has 0 spiro atoms. The van der Waals surface area contributed by atoms with Crippen molar-refractivity contribution in [2.45, 2.75) is 19.5 Å². The lowest BCUT2D eigenvalue weighted by Gasteiger charge is -2.08. The Balaban J connectivity index is 2.11. The summed E-state index contributed by atoms with van der Waals surface area (Å²) in [5.74, 6) is -0.524. The normalized spacial score (nSPS) is 11.8. The van der Waals surface area contributed by atoms with Gasteiger partial charge in [-0.15, -0.1) is 0 Å². The number of aromatic amines is 1. The molecule has 0 atom stereocenters. The van der Waals surface area contributed by atoms with Gasteiger partial charge in [0.2, 0.25) is 5.95 Å². The SMILES string of the molecule is CCc1nc2ccc(C(F)(F)F)cn2c1C(=O)Nc1ncn[nH]1. The Bertz CT molecular complexity index is 853. The van der Waals surface area contributed by atoms with E-state index in [2.05, 4.69) is 25.5 Å². The van der Waals surface area contributed by atoms with Crippen LogP contribution in [0.3, 0.4) is 0 Å². The van der Waals surface area contributed by atoms with Crippen LogP contribution >= 0.6 is 0 Å². The molecule has 0 unspecified atom stereocenters. The van der Waals surface area contributed by atoms with Gasteiger partial charge in [0.25, 0.3) is 5.91 Å². The van der Waals surface area contributed by atoms with Crippen LogP contribution < -0.4 is 5.32 Å². The number of pyridine rings is 1. The molecule has 0 aliphatic rings. The lowest BCUT2D eigenvalue weighted by molar-refractivity contribution is -0.137. The predicted octanol–water partition coefficient (Wildman–Crippen LogP) is 2.29. The van der Waals surface area contributed by atoms with Gasteiger partial charge in [-0.1, -0.05) is 6.92 Å². The maximum atomic E-state index is 12.9. The van der Waals surface area contributed by atoms with E-state index < -0.39 is 17.6 Å². The van der Waals surface area contributed by atoms with Gasteiger partial charge in [0.05, 0.1) is 11.3 Å². The molecule has 0 aromatic carbocycles. The molecule has 23 heavy (non-hydrogen) atoms. The first-order chi connectivity index (χ1) is 10.9. The van der Waals surface area contributed by atoms with Gasteiger partial charge in [0.15, 0.2) is 0 Å². The van der Waals surface area contributed by atoms with Crippen LogP contribution in [0.1, 0.15) is 28.7 Å². The van der Waals surface area contributed by atoms with Gasteiger partial charge in [-0.05, 0) is 18.6 Å². The van der Waals surface area contributed by atoms with E-state index in [0.29, 0.717) is 12.1 Å². The van der Waals surface area contributed by atoms with E-state index in [-0.39, 0.29) is 17.3 Å². The van der Waals surface area contributed by atoms with Crippen molar-refractivity contribution >= 4 is 17.5 Å². The number of H-pyrrole nitrogens is 1. The second kappa shape index (κ2) is 5.38. The molecular weight excluding hydrogens is 313 g/mol. The molecule has 120 valence electrons. The molecule has 2 N–H and O–H groups in total. The number of imidazole rings is 1. The van der Waals surface area contributed by atoms with Crippen molar-refractivity contribution in [3.63, 3.8) is 0 Å². The fourth-order valence-corrected chi connectivity index (χ4v) is 2.18. The summed E-state index contributed by atoms with van der Waals surface area (Å²) in [7, 11) is 0. The van der Waals surface area contributed by atoms with E-state index in [4.69, 9.17) is 0 Å². The molecule has 0 fully saturated rings. The van der Waals surface area contributed by atoms with Gasteiger partial charge >= 0.3 is 6.18 Å². The molecule has 0 radical (unpaired) electrons. The number of amides is 1. The van der Waals surface area contributed by atoms with Gasteiger partial charge in [0.1, 0.15) is 17.7 Å². The largest absolute Gasteiger partial charge is 0.417 e. The van der Waals surface area contributed by atoms with Crippen LogP contribution in [-0.2, 0) is 12.6 Å². The Hall–Kier alpha value is -2.91. The lowest BCUT2D eigenvalue weighted by Crippen LogP contribution is -2.17. The summed E-state index contributed by atoms with van der Waals surface area (Å²) in [5, 5.41) is 8.47. The number of aromatic nitrogens is 5. The van der Waals surface area contributed by atoms with Crippen LogP contribution in [0.4, 0.5) is 19.1 Å². The molecule has 7 nitrogen and oxygen atoms in total. The molecule has 3 heterocycles. The highest BCUT2D eigenvalue weighted by Crippen LogP contribution is 2.30. The maximum absolute atomic E-state index is 12.9. The van der Waals surface area contributed by atoms with Crippen molar-refractivity contribution in [3.05, 3.63) is 41.6 Å². The number of carbonyl (C=O) groups is 1. The molecular formula is C13H11F3N6O. The third-order valence-electron chi connectivity index (χ3n) is 3.21. The Morgan fingerprint density at radius 1 is 1.39 bits per heavy atom. The quantitative estimate of drug-likeness (QED) is 0.774. The highest BCUT2D eigenvalue weighted by atomic mass is 19.4. The third kappa shape index (κ3) is 2.74. The molecule has 10 heteroatoms. The third-order valence-corrected chi connectivity index (χ3v) is 3.21. The zero-order valence-electron chi connectivity index (χ0n) is 11.8. The minimum atomic E-state index is -4.51. The van der Waals surface area contributed by atoms with E-state index in [1.54, 1.807) is 6.92 Å². The van der Waals surface area contributed by atoms with Crippen LogP contribution in [0.25, 0.3) is 5.65 Å². The summed E-state index contributed by atoms with van der Waals surface area (Å²) in [6.07, 6.45) is -2.06. The van der Waals surface area contributed by atoms with Crippen molar-refractivity contribution in [2.24, 2.45) is 0 Å². The second-order valence-corrected chi connectivity index (χ2v) is 4.69. The van der Waals surface area contributed by atoms with Crippen molar-refractivity contribution in [1.82, 2.24) is 24.6 Å². The van der Waals surface area contributed by atoms with Crippen LogP contribution in [0.15, 0.2) is 24.7 Å². The van der Waals surface area contributed by atoms with Crippen LogP contribution in [-0.4, -0.2) is 30.5 Å². The number of halogens is 3. The number of rotatable bonds is 3. The van der Waals surface area contributed by atoms with Gasteiger partial charge in [-0.3, -0.25) is 14.5 Å². The molecule has 3 aromatic heterocycles. The van der Waals surface area contributed by atoms with Gasteiger partial charge in [-0.25, -0.2) is 10.1 Å². The number of hydrogen-bond acceptors (Lipinski definition) is 4. The molecule has 1 amide bonds. The number of hydrogen-bond donors (Lipinski definition) is 2. The smallest absolute Gasteiger partial charge is 0.295 e. The number of alkyl halides is 3. The van der Waals surface area contributed by atoms with Gasteiger partial charge in [-0.2, -0.15) is 23.3 Å². The zero-order chi connectivity index (χ0) is 16.6. The molecule has 3 rings (SSSR count). The fourth-order valence-electron chi connectivity index (χ4n) is 2.18. The Labute approximate surface area is 127 Å². The standard InChI is InChI=1S/C13H11F3N6O/c1-2-8-10(11(23)20-12-17-6-18-21-12)22-5-7(13(14,15)16)3-4-9(22)19-8/h3-6H,2H2,1H3,(H2,17,18,20,21,23). The monoisotopic (exact) mass is 324 g/mol. The number of aryl methyl sites for hydroxylation is 1. The molecule has 3 aromatic rings. The first-order valence-corrected chi connectivity index (χ1v) is 6.65. The summed E-state index contributed by atoms with van der Waals surface area (Å²) in [5.41, 5.74) is -0.178. The number of nitrogens with one attached hydrogen (secondary N) is 2. The maximum Gasteiger partial charge on any atom is 0.417 e. The van der Waals surface area contributed by atoms with E-state index >= 15 is 0 Å². The van der Waals surface area contributed by atoms with Crippen LogP contribution in [0, 0.1) is 0 Å². The Kier molecular flexibility index (Phi) is 3.51. The number of nitrogens with zero attached hydrogens (tertiary/aromatic N) is 4. The summed E-state index contributed by atoms with van der Waals surface area (Å²) in [6.45, 7) is 1.76. The number of anilines is 1. The van der Waals surface area contributed by atoms with Crippen molar-refractivity contribution in [2.75, 3.05) is 5.32 Å². The van der Waals surface area contributed by atoms with Crippen LogP contribution in [0.5, 0.6) is 0 Å². The molecule has 0 aliphatic carbocycles. The zero-order valence-corrected chi connectivity index (χ0v) is 11.8. The summed E-state index contributed by atoms with van der Waals surface area (Å²) in [4.78, 5) is 20.3. The summed E-state index contributed by atoms with van der Waals surface area (Å²) >= 11 is 0. The highest BCUT2D eigenvalue weighted by molar-refractivity contribution is 6.03. The minimum Gasteiger partial charge on any atom is -0.295 e. The van der Waals surface area contributed by atoms with E-state index in [1.165, 1.54) is 12.4 Å². The predicted molar refractivity (Wildman–Crippen MR) is 73.9 cm³/mol. The molecule has 0 saturated heterocycles. The Morgan fingerprint density at radius 2 is 2.17 bits per heavy atom. The average Bonchev–Trinajstić information content (AvgIpc) is 3.11. The Morgan fingerprint density at radius 3 is 2.78 bits per heavy atom. The number of carbonyl (C=O) groups excluding carboxylic acids is 1. The molecule has 0 bridgehead atoms. The highest BCUT2D eigenvalue weighted by Gasteiger charge is 2.31. The average molecular weight is 324 g/mol. The molecule has 0 saturated carbocycles. The van der Waals surface area contributed by atoms with E-state index in [9.17, 15) is 18.0 Å². The van der Waals surface area contributed by atoms with Gasteiger partial charge in [0, 0.05) is 6.20 Å². The molecule has 0 aliphatic heterocycles. The second-order valence-electron chi connectivity index (χ2n) is 4.69.